The fourth-order valence-electron chi connectivity index (χ4n) is 3.26. The summed E-state index contributed by atoms with van der Waals surface area (Å²) in [4.78, 5) is 21.5. The summed E-state index contributed by atoms with van der Waals surface area (Å²) in [5.74, 6) is -0.0394. The summed E-state index contributed by atoms with van der Waals surface area (Å²) < 4.78 is 17.6. The Hall–Kier alpha value is -3.64. The predicted octanol–water partition coefficient (Wildman–Crippen LogP) is 5.71. The van der Waals surface area contributed by atoms with Gasteiger partial charge in [-0.15, -0.1) is 0 Å². The van der Waals surface area contributed by atoms with Gasteiger partial charge < -0.3 is 9.84 Å². The van der Waals surface area contributed by atoms with Crippen LogP contribution in [0.15, 0.2) is 78.9 Å². The first-order chi connectivity index (χ1) is 16.0. The van der Waals surface area contributed by atoms with Crippen molar-refractivity contribution in [2.75, 3.05) is 20.4 Å². The Morgan fingerprint density at radius 1 is 0.879 bits per heavy atom. The average Bonchev–Trinajstić information content (AvgIpc) is 2.87. The highest BCUT2D eigenvalue weighted by atomic mass is 19.1. The van der Waals surface area contributed by atoms with E-state index < -0.39 is 12.6 Å². The van der Waals surface area contributed by atoms with Crippen LogP contribution in [0.1, 0.15) is 18.4 Å². The maximum Gasteiger partial charge on any atom is 0.383 e. The van der Waals surface area contributed by atoms with E-state index in [0.29, 0.717) is 12.2 Å². The summed E-state index contributed by atoms with van der Waals surface area (Å²) in [5.41, 5.74) is 5.01. The second-order valence-corrected chi connectivity index (χ2v) is 7.53. The summed E-state index contributed by atoms with van der Waals surface area (Å²) in [5, 5.41) is 8.95. The molecule has 6 heteroatoms. The van der Waals surface area contributed by atoms with E-state index in [1.165, 1.54) is 12.7 Å². The lowest BCUT2D eigenvalue weighted by Crippen LogP contribution is -2.12. The minimum Gasteiger partial charge on any atom is -0.497 e. The number of hydrogen-bond acceptors (Lipinski definition) is 5. The number of unbranched alkanes of at least 4 members (excludes halogenated alkanes) is 1. The van der Waals surface area contributed by atoms with Gasteiger partial charge in [0.2, 0.25) is 0 Å². The van der Waals surface area contributed by atoms with Crippen molar-refractivity contribution in [3.63, 3.8) is 0 Å². The molecular formula is C27H27FO5. The van der Waals surface area contributed by atoms with Gasteiger partial charge in [-0.2, -0.15) is 0 Å². The molecule has 3 aromatic carbocycles. The third-order valence-corrected chi connectivity index (χ3v) is 5.16. The molecule has 0 unspecified atom stereocenters. The second-order valence-electron chi connectivity index (χ2n) is 7.53. The Balaban J connectivity index is 1.74. The lowest BCUT2D eigenvalue weighted by Gasteiger charge is -2.11. The van der Waals surface area contributed by atoms with Gasteiger partial charge in [0.25, 0.3) is 0 Å². The van der Waals surface area contributed by atoms with Crippen LogP contribution in [0.3, 0.4) is 0 Å². The highest BCUT2D eigenvalue weighted by Crippen LogP contribution is 2.31. The van der Waals surface area contributed by atoms with E-state index in [4.69, 9.17) is 19.6 Å². The molecule has 172 valence electrons. The van der Waals surface area contributed by atoms with Gasteiger partial charge in [0.1, 0.15) is 5.75 Å². The lowest BCUT2D eigenvalue weighted by atomic mass is 9.98. The molecule has 3 rings (SSSR count). The highest BCUT2D eigenvalue weighted by Gasteiger charge is 2.12. The molecule has 0 saturated carbocycles. The summed E-state index contributed by atoms with van der Waals surface area (Å²) in [6.45, 7) is 2.61. The van der Waals surface area contributed by atoms with Crippen LogP contribution in [0.25, 0.3) is 22.3 Å². The smallest absolute Gasteiger partial charge is 0.383 e. The van der Waals surface area contributed by atoms with Gasteiger partial charge >= 0.3 is 5.97 Å². The molecule has 0 heterocycles. The Morgan fingerprint density at radius 2 is 1.45 bits per heavy atom. The van der Waals surface area contributed by atoms with Crippen molar-refractivity contribution in [2.24, 2.45) is 0 Å². The zero-order valence-electron chi connectivity index (χ0n) is 18.6. The van der Waals surface area contributed by atoms with Crippen molar-refractivity contribution in [2.45, 2.75) is 19.3 Å². The van der Waals surface area contributed by atoms with Gasteiger partial charge in [0.15, 0.2) is 5.75 Å². The number of ether oxygens (including phenoxy) is 1. The van der Waals surface area contributed by atoms with Crippen LogP contribution in [0.4, 0.5) is 4.39 Å². The lowest BCUT2D eigenvalue weighted by molar-refractivity contribution is -0.209. The quantitative estimate of drug-likeness (QED) is 0.176. The van der Waals surface area contributed by atoms with E-state index in [9.17, 15) is 9.18 Å². The van der Waals surface area contributed by atoms with Crippen LogP contribution in [0.2, 0.25) is 0 Å². The van der Waals surface area contributed by atoms with Crippen molar-refractivity contribution in [3.05, 3.63) is 84.4 Å². The molecule has 0 atom stereocenters. The van der Waals surface area contributed by atoms with Crippen molar-refractivity contribution in [1.82, 2.24) is 0 Å². The monoisotopic (exact) mass is 450 g/mol. The molecule has 0 aliphatic rings. The van der Waals surface area contributed by atoms with Gasteiger partial charge in [-0.1, -0.05) is 55.1 Å². The molecule has 1 N–H and O–H groups in total. The molecule has 0 aliphatic carbocycles. The molecule has 0 amide bonds. The number of alkyl halides is 1. The van der Waals surface area contributed by atoms with Crippen LogP contribution in [0, 0.1) is 0 Å². The van der Waals surface area contributed by atoms with Gasteiger partial charge in [0, 0.05) is 6.07 Å². The molecule has 0 fully saturated rings. The van der Waals surface area contributed by atoms with E-state index in [-0.39, 0.29) is 18.0 Å². The first-order valence-electron chi connectivity index (χ1n) is 10.7. The zero-order valence-corrected chi connectivity index (χ0v) is 18.6. The highest BCUT2D eigenvalue weighted by molar-refractivity contribution is 5.87. The Bertz CT molecular complexity index is 1070. The van der Waals surface area contributed by atoms with Crippen LogP contribution < -0.4 is 9.62 Å². The molecule has 0 aliphatic heterocycles. The standard InChI is InChI=1S/C27H27FO5/c1-19(18-29)27(30)33-32-26-16-24(15-25(17-26)31-2)23-12-10-22(11-13-23)21-8-6-20(7-9-21)5-3-4-14-28/h6-13,15-17,29H,1,3-5,14,18H2,2H3. The van der Waals surface area contributed by atoms with E-state index in [1.54, 1.807) is 12.1 Å². The summed E-state index contributed by atoms with van der Waals surface area (Å²) in [7, 11) is 1.53. The van der Waals surface area contributed by atoms with Crippen molar-refractivity contribution < 1.29 is 28.8 Å². The topological polar surface area (TPSA) is 65.0 Å². The minimum atomic E-state index is -0.848. The van der Waals surface area contributed by atoms with Gasteiger partial charge in [0.05, 0.1) is 26.0 Å². The molecule has 0 aromatic heterocycles. The maximum atomic E-state index is 12.3. The molecule has 3 aromatic rings. The maximum absolute atomic E-state index is 12.3. The SMILES string of the molecule is C=C(CO)C(=O)OOc1cc(OC)cc(-c2ccc(-c3ccc(CCCCF)cc3)cc2)c1. The third-order valence-electron chi connectivity index (χ3n) is 5.16. The third kappa shape index (κ3) is 6.67. The van der Waals surface area contributed by atoms with Crippen LogP contribution in [0.5, 0.6) is 11.5 Å². The fraction of sp³-hybridized carbons (Fsp3) is 0.222. The van der Waals surface area contributed by atoms with E-state index in [2.05, 4.69) is 30.8 Å². The summed E-state index contributed by atoms with van der Waals surface area (Å²) in [6, 6.07) is 21.5. The molecule has 33 heavy (non-hydrogen) atoms. The normalized spacial score (nSPS) is 10.5. The van der Waals surface area contributed by atoms with Crippen molar-refractivity contribution in [3.8, 4) is 33.8 Å². The summed E-state index contributed by atoms with van der Waals surface area (Å²) in [6.07, 6.45) is 2.33. The Morgan fingerprint density at radius 3 is 2.03 bits per heavy atom. The molecule has 0 radical (unpaired) electrons. The number of hydrogen-bond donors (Lipinski definition) is 1. The molecule has 0 spiro atoms. The Kier molecular flexibility index (Phi) is 8.61. The van der Waals surface area contributed by atoms with Crippen LogP contribution >= 0.6 is 0 Å². The van der Waals surface area contributed by atoms with Gasteiger partial charge in [-0.3, -0.25) is 9.28 Å². The molecule has 0 bridgehead atoms. The molecule has 5 nitrogen and oxygen atoms in total. The number of aryl methyl sites for hydroxylation is 1. The van der Waals surface area contributed by atoms with Crippen molar-refractivity contribution in [1.29, 1.82) is 0 Å². The number of rotatable bonds is 11. The average molecular weight is 451 g/mol. The fourth-order valence-corrected chi connectivity index (χ4v) is 3.26. The number of aliphatic hydroxyl groups excluding tert-OH is 1. The number of carbonyl (C=O) groups excluding carboxylic acids is 1. The van der Waals surface area contributed by atoms with E-state index in [1.807, 2.05) is 30.3 Å². The number of carbonyl (C=O) groups is 1. The minimum absolute atomic E-state index is 0.110. The van der Waals surface area contributed by atoms with Crippen LogP contribution in [-0.4, -0.2) is 31.5 Å². The Labute approximate surface area is 193 Å². The first kappa shape index (κ1) is 24.0. The predicted molar refractivity (Wildman–Crippen MR) is 126 cm³/mol. The molecular weight excluding hydrogens is 423 g/mol. The largest absolute Gasteiger partial charge is 0.497 e. The van der Waals surface area contributed by atoms with Crippen molar-refractivity contribution >= 4 is 5.97 Å². The van der Waals surface area contributed by atoms with Gasteiger partial charge in [-0.05, 0) is 59.2 Å². The van der Waals surface area contributed by atoms with Crippen LogP contribution in [-0.2, 0) is 16.1 Å². The number of halogens is 1. The molecule has 0 saturated heterocycles. The first-order valence-corrected chi connectivity index (χ1v) is 10.7. The van der Waals surface area contributed by atoms with E-state index in [0.717, 1.165) is 35.1 Å². The number of methoxy groups -OCH3 is 1. The van der Waals surface area contributed by atoms with E-state index >= 15 is 0 Å². The second kappa shape index (κ2) is 11.8. The zero-order chi connectivity index (χ0) is 23.6. The number of aliphatic hydroxyl groups is 1. The number of benzene rings is 3. The summed E-state index contributed by atoms with van der Waals surface area (Å²) >= 11 is 0. The van der Waals surface area contributed by atoms with Gasteiger partial charge in [-0.25, -0.2) is 9.68 Å².